The largest absolute Gasteiger partial charge is 0.388 e. The summed E-state index contributed by atoms with van der Waals surface area (Å²) in [5, 5.41) is 3.03. The third kappa shape index (κ3) is 1.53. The predicted octanol–water partition coefficient (Wildman–Crippen LogP) is 2.02. The Morgan fingerprint density at radius 1 is 1.45 bits per heavy atom. The van der Waals surface area contributed by atoms with Crippen molar-refractivity contribution in [3.63, 3.8) is 0 Å². The van der Waals surface area contributed by atoms with Gasteiger partial charge in [0.05, 0.1) is 0 Å². The Bertz CT molecular complexity index is 294. The standard InChI is InChI=1S/C10H11N/c1-4-9-7-10(11-3)6-5-8(9)2/h1,5-7,11H,2-3H3. The van der Waals surface area contributed by atoms with Crippen LogP contribution in [0.3, 0.4) is 0 Å². The molecule has 1 rings (SSSR count). The lowest BCUT2D eigenvalue weighted by Gasteiger charge is -2.02. The topological polar surface area (TPSA) is 12.0 Å². The van der Waals surface area contributed by atoms with Gasteiger partial charge in [-0.05, 0) is 24.6 Å². The minimum Gasteiger partial charge on any atom is -0.388 e. The fourth-order valence-electron chi connectivity index (χ4n) is 0.933. The van der Waals surface area contributed by atoms with Gasteiger partial charge in [0.25, 0.3) is 0 Å². The molecule has 0 bridgehead atoms. The molecule has 1 heteroatoms. The fourth-order valence-corrected chi connectivity index (χ4v) is 0.933. The van der Waals surface area contributed by atoms with Crippen molar-refractivity contribution in [1.29, 1.82) is 0 Å². The molecule has 0 unspecified atom stereocenters. The fraction of sp³-hybridized carbons (Fsp3) is 0.200. The van der Waals surface area contributed by atoms with Gasteiger partial charge in [-0.1, -0.05) is 12.0 Å². The van der Waals surface area contributed by atoms with Crippen LogP contribution in [0.15, 0.2) is 18.2 Å². The van der Waals surface area contributed by atoms with E-state index >= 15 is 0 Å². The number of hydrogen-bond donors (Lipinski definition) is 1. The molecule has 1 aromatic rings. The highest BCUT2D eigenvalue weighted by atomic mass is 14.8. The van der Waals surface area contributed by atoms with Crippen LogP contribution in [0.1, 0.15) is 11.1 Å². The first-order valence-corrected chi connectivity index (χ1v) is 3.53. The molecule has 1 aromatic carbocycles. The van der Waals surface area contributed by atoms with Crippen molar-refractivity contribution in [3.8, 4) is 12.3 Å². The maximum absolute atomic E-state index is 5.30. The second-order valence-electron chi connectivity index (χ2n) is 2.42. The van der Waals surface area contributed by atoms with E-state index in [1.165, 1.54) is 0 Å². The second kappa shape index (κ2) is 3.12. The zero-order chi connectivity index (χ0) is 8.27. The lowest BCUT2D eigenvalue weighted by atomic mass is 10.1. The third-order valence-electron chi connectivity index (χ3n) is 1.68. The van der Waals surface area contributed by atoms with E-state index in [9.17, 15) is 0 Å². The molecule has 0 aliphatic rings. The van der Waals surface area contributed by atoms with Crippen molar-refractivity contribution in [1.82, 2.24) is 0 Å². The molecule has 0 spiro atoms. The van der Waals surface area contributed by atoms with Gasteiger partial charge in [-0.2, -0.15) is 0 Å². The average molecular weight is 145 g/mol. The van der Waals surface area contributed by atoms with Gasteiger partial charge < -0.3 is 5.32 Å². The highest BCUT2D eigenvalue weighted by molar-refractivity contribution is 5.52. The maximum atomic E-state index is 5.30. The first-order chi connectivity index (χ1) is 5.27. The van der Waals surface area contributed by atoms with Crippen molar-refractivity contribution < 1.29 is 0 Å². The van der Waals surface area contributed by atoms with E-state index in [4.69, 9.17) is 6.42 Å². The Labute approximate surface area is 67.4 Å². The van der Waals surface area contributed by atoms with E-state index in [0.717, 1.165) is 16.8 Å². The third-order valence-corrected chi connectivity index (χ3v) is 1.68. The summed E-state index contributed by atoms with van der Waals surface area (Å²) < 4.78 is 0. The summed E-state index contributed by atoms with van der Waals surface area (Å²) in [5.74, 6) is 2.63. The van der Waals surface area contributed by atoms with Crippen LogP contribution in [0.25, 0.3) is 0 Å². The molecule has 11 heavy (non-hydrogen) atoms. The minimum atomic E-state index is 0.955. The number of aryl methyl sites for hydroxylation is 1. The van der Waals surface area contributed by atoms with Gasteiger partial charge in [0.1, 0.15) is 0 Å². The smallest absolute Gasteiger partial charge is 0.0350 e. The molecule has 0 amide bonds. The highest BCUT2D eigenvalue weighted by Crippen LogP contribution is 2.13. The Morgan fingerprint density at radius 2 is 2.18 bits per heavy atom. The maximum Gasteiger partial charge on any atom is 0.0350 e. The summed E-state index contributed by atoms with van der Waals surface area (Å²) in [6.07, 6.45) is 5.30. The quantitative estimate of drug-likeness (QED) is 0.596. The lowest BCUT2D eigenvalue weighted by Crippen LogP contribution is -1.89. The molecule has 56 valence electrons. The van der Waals surface area contributed by atoms with Crippen LogP contribution < -0.4 is 5.32 Å². The summed E-state index contributed by atoms with van der Waals surface area (Å²) in [6.45, 7) is 2.01. The Kier molecular flexibility index (Phi) is 2.18. The SMILES string of the molecule is C#Cc1cc(NC)ccc1C. The molecule has 0 aromatic heterocycles. The van der Waals surface area contributed by atoms with E-state index in [-0.39, 0.29) is 0 Å². The molecule has 0 radical (unpaired) electrons. The zero-order valence-corrected chi connectivity index (χ0v) is 6.81. The van der Waals surface area contributed by atoms with Crippen LogP contribution in [0.5, 0.6) is 0 Å². The van der Waals surface area contributed by atoms with Crippen molar-refractivity contribution in [2.45, 2.75) is 6.92 Å². The monoisotopic (exact) mass is 145 g/mol. The molecular weight excluding hydrogens is 134 g/mol. The van der Waals surface area contributed by atoms with Gasteiger partial charge >= 0.3 is 0 Å². The average Bonchev–Trinajstić information content (AvgIpc) is 2.05. The molecular formula is C10H11N. The van der Waals surface area contributed by atoms with E-state index in [1.807, 2.05) is 32.2 Å². The number of nitrogens with one attached hydrogen (secondary N) is 1. The number of benzene rings is 1. The van der Waals surface area contributed by atoms with E-state index in [1.54, 1.807) is 0 Å². The van der Waals surface area contributed by atoms with Crippen LogP contribution in [0.4, 0.5) is 5.69 Å². The zero-order valence-electron chi connectivity index (χ0n) is 6.81. The highest BCUT2D eigenvalue weighted by Gasteiger charge is 1.94. The lowest BCUT2D eigenvalue weighted by molar-refractivity contribution is 1.41. The summed E-state index contributed by atoms with van der Waals surface area (Å²) in [7, 11) is 1.88. The minimum absolute atomic E-state index is 0.955. The molecule has 0 aliphatic heterocycles. The van der Waals surface area contributed by atoms with Gasteiger partial charge in [-0.25, -0.2) is 0 Å². The van der Waals surface area contributed by atoms with Crippen molar-refractivity contribution >= 4 is 5.69 Å². The van der Waals surface area contributed by atoms with Crippen molar-refractivity contribution in [2.75, 3.05) is 12.4 Å². The molecule has 0 saturated heterocycles. The van der Waals surface area contributed by atoms with Gasteiger partial charge in [-0.15, -0.1) is 6.42 Å². The molecule has 0 fully saturated rings. The van der Waals surface area contributed by atoms with E-state index < -0.39 is 0 Å². The first-order valence-electron chi connectivity index (χ1n) is 3.53. The molecule has 0 saturated carbocycles. The molecule has 1 nitrogen and oxygen atoms in total. The predicted molar refractivity (Wildman–Crippen MR) is 48.7 cm³/mol. The number of rotatable bonds is 1. The Morgan fingerprint density at radius 3 is 2.73 bits per heavy atom. The van der Waals surface area contributed by atoms with Crippen LogP contribution in [-0.4, -0.2) is 7.05 Å². The van der Waals surface area contributed by atoms with Crippen LogP contribution in [-0.2, 0) is 0 Å². The number of anilines is 1. The molecule has 0 aliphatic carbocycles. The summed E-state index contributed by atoms with van der Waals surface area (Å²) in [6, 6.07) is 5.99. The molecule has 0 heterocycles. The van der Waals surface area contributed by atoms with Crippen molar-refractivity contribution in [2.24, 2.45) is 0 Å². The summed E-state index contributed by atoms with van der Waals surface area (Å²) in [5.41, 5.74) is 3.16. The molecule has 0 atom stereocenters. The Balaban J connectivity index is 3.15. The first kappa shape index (κ1) is 7.68. The number of hydrogen-bond acceptors (Lipinski definition) is 1. The van der Waals surface area contributed by atoms with Crippen LogP contribution in [0.2, 0.25) is 0 Å². The van der Waals surface area contributed by atoms with Crippen molar-refractivity contribution in [3.05, 3.63) is 29.3 Å². The van der Waals surface area contributed by atoms with E-state index in [0.29, 0.717) is 0 Å². The molecule has 1 N–H and O–H groups in total. The van der Waals surface area contributed by atoms with Gasteiger partial charge in [0.2, 0.25) is 0 Å². The van der Waals surface area contributed by atoms with Gasteiger partial charge in [0.15, 0.2) is 0 Å². The normalized spacial score (nSPS) is 8.82. The number of terminal acetylenes is 1. The summed E-state index contributed by atoms with van der Waals surface area (Å²) >= 11 is 0. The van der Waals surface area contributed by atoms with Crippen LogP contribution >= 0.6 is 0 Å². The summed E-state index contributed by atoms with van der Waals surface area (Å²) in [4.78, 5) is 0. The Hall–Kier alpha value is -1.42. The second-order valence-corrected chi connectivity index (χ2v) is 2.42. The van der Waals surface area contributed by atoms with Gasteiger partial charge in [-0.3, -0.25) is 0 Å². The van der Waals surface area contributed by atoms with Gasteiger partial charge in [0, 0.05) is 18.3 Å². The van der Waals surface area contributed by atoms with E-state index in [2.05, 4.69) is 11.2 Å². The van der Waals surface area contributed by atoms with Crippen LogP contribution in [0, 0.1) is 19.3 Å².